The van der Waals surface area contributed by atoms with Gasteiger partial charge in [-0.05, 0) is 42.7 Å². The molecule has 1 atom stereocenters. The van der Waals surface area contributed by atoms with Gasteiger partial charge in [0.15, 0.2) is 18.1 Å². The number of carbonyl (C=O) groups is 2. The van der Waals surface area contributed by atoms with Crippen LogP contribution in [-0.2, 0) is 9.53 Å². The van der Waals surface area contributed by atoms with E-state index >= 15 is 0 Å². The number of nitrogens with one attached hydrogen (secondary N) is 1. The second-order valence-corrected chi connectivity index (χ2v) is 7.29. The van der Waals surface area contributed by atoms with Crippen molar-refractivity contribution in [2.45, 2.75) is 26.8 Å². The van der Waals surface area contributed by atoms with Crippen molar-refractivity contribution in [2.24, 2.45) is 5.92 Å². The number of fused-ring (bicyclic) bond motifs is 1. The molecule has 1 aliphatic rings. The lowest BCUT2D eigenvalue weighted by molar-refractivity contribution is -0.125. The summed E-state index contributed by atoms with van der Waals surface area (Å²) in [7, 11) is 0. The zero-order chi connectivity index (χ0) is 21.0. The molecule has 2 aromatic rings. The summed E-state index contributed by atoms with van der Waals surface area (Å²) in [5, 5.41) is 12.7. The van der Waals surface area contributed by atoms with Gasteiger partial charge in [-0.1, -0.05) is 31.5 Å². The molecule has 1 aliphatic heterocycles. The zero-order valence-electron chi connectivity index (χ0n) is 16.7. The molecule has 0 saturated carbocycles. The third-order valence-corrected chi connectivity index (χ3v) is 4.61. The van der Waals surface area contributed by atoms with E-state index in [1.54, 1.807) is 13.0 Å². The second-order valence-electron chi connectivity index (χ2n) is 7.29. The highest BCUT2D eigenvalue weighted by Crippen LogP contribution is 2.34. The smallest absolute Gasteiger partial charge is 0.342 e. The highest BCUT2D eigenvalue weighted by molar-refractivity contribution is 5.94. The minimum Gasteiger partial charge on any atom is -0.507 e. The number of phenols is 1. The average molecular weight is 399 g/mol. The fraction of sp³-hybridized carbons (Fsp3) is 0.364. The first kappa shape index (κ1) is 20.5. The van der Waals surface area contributed by atoms with Crippen molar-refractivity contribution in [3.8, 4) is 17.2 Å². The van der Waals surface area contributed by atoms with E-state index in [1.165, 1.54) is 12.1 Å². The van der Waals surface area contributed by atoms with E-state index in [-0.39, 0.29) is 23.3 Å². The summed E-state index contributed by atoms with van der Waals surface area (Å²) >= 11 is 0. The molecule has 0 radical (unpaired) electrons. The van der Waals surface area contributed by atoms with Crippen LogP contribution >= 0.6 is 0 Å². The van der Waals surface area contributed by atoms with Gasteiger partial charge in [-0.2, -0.15) is 0 Å². The number of esters is 1. The van der Waals surface area contributed by atoms with Crippen LogP contribution in [0.15, 0.2) is 36.4 Å². The third kappa shape index (κ3) is 4.99. The fourth-order valence-electron chi connectivity index (χ4n) is 3.13. The van der Waals surface area contributed by atoms with E-state index in [1.807, 2.05) is 32.0 Å². The van der Waals surface area contributed by atoms with E-state index in [0.29, 0.717) is 24.7 Å². The van der Waals surface area contributed by atoms with Crippen molar-refractivity contribution in [1.82, 2.24) is 5.32 Å². The van der Waals surface area contributed by atoms with Crippen molar-refractivity contribution in [1.29, 1.82) is 0 Å². The van der Waals surface area contributed by atoms with Crippen molar-refractivity contribution in [3.05, 3.63) is 53.1 Å². The number of aromatic hydroxyl groups is 1. The van der Waals surface area contributed by atoms with E-state index in [4.69, 9.17) is 14.2 Å². The molecule has 0 bridgehead atoms. The Kier molecular flexibility index (Phi) is 6.26. The maximum Gasteiger partial charge on any atom is 0.342 e. The summed E-state index contributed by atoms with van der Waals surface area (Å²) in [6, 6.07) is 9.89. The van der Waals surface area contributed by atoms with Gasteiger partial charge in [-0.25, -0.2) is 4.79 Å². The maximum atomic E-state index is 12.4. The molecule has 0 aliphatic carbocycles. The number of phenolic OH excluding ortho intramolecular Hbond substituents is 1. The van der Waals surface area contributed by atoms with Gasteiger partial charge in [0, 0.05) is 0 Å². The first-order valence-electron chi connectivity index (χ1n) is 9.51. The third-order valence-electron chi connectivity index (χ3n) is 4.61. The number of hydrogen-bond donors (Lipinski definition) is 2. The molecule has 0 saturated heterocycles. The summed E-state index contributed by atoms with van der Waals surface area (Å²) in [5.41, 5.74) is 1.71. The van der Waals surface area contributed by atoms with Crippen LogP contribution in [-0.4, -0.2) is 36.8 Å². The Bertz CT molecular complexity index is 908. The monoisotopic (exact) mass is 399 g/mol. The lowest BCUT2D eigenvalue weighted by Crippen LogP contribution is -2.35. The summed E-state index contributed by atoms with van der Waals surface area (Å²) in [5.74, 6) is 0.0620. The Hall–Kier alpha value is -3.22. The molecule has 7 heteroatoms. The van der Waals surface area contributed by atoms with Gasteiger partial charge in [0.1, 0.15) is 24.5 Å². The summed E-state index contributed by atoms with van der Waals surface area (Å²) < 4.78 is 16.2. The molecule has 0 fully saturated rings. The standard InChI is InChI=1S/C22H25NO6/c1-13(2)21(15-5-7-18-19(11-15)28-9-8-27-18)23-20(25)12-29-22(26)16-10-14(3)4-6-17(16)24/h4-7,10-11,13,21,24H,8-9,12H2,1-3H3,(H,23,25). The summed E-state index contributed by atoms with van der Waals surface area (Å²) in [6.07, 6.45) is 0. The molecule has 7 nitrogen and oxygen atoms in total. The van der Waals surface area contributed by atoms with Gasteiger partial charge in [0.25, 0.3) is 5.91 Å². The van der Waals surface area contributed by atoms with Gasteiger partial charge in [0.05, 0.1) is 6.04 Å². The second kappa shape index (κ2) is 8.86. The topological polar surface area (TPSA) is 94.1 Å². The Morgan fingerprint density at radius 1 is 1.10 bits per heavy atom. The van der Waals surface area contributed by atoms with Gasteiger partial charge < -0.3 is 24.6 Å². The fourth-order valence-corrected chi connectivity index (χ4v) is 3.13. The molecular formula is C22H25NO6. The average Bonchev–Trinajstić information content (AvgIpc) is 2.71. The van der Waals surface area contributed by atoms with Crippen LogP contribution < -0.4 is 14.8 Å². The van der Waals surface area contributed by atoms with Crippen LogP contribution in [0.25, 0.3) is 0 Å². The van der Waals surface area contributed by atoms with Crippen molar-refractivity contribution in [2.75, 3.05) is 19.8 Å². The lowest BCUT2D eigenvalue weighted by Gasteiger charge is -2.25. The van der Waals surface area contributed by atoms with Crippen molar-refractivity contribution < 1.29 is 28.9 Å². The number of benzene rings is 2. The molecule has 1 amide bonds. The van der Waals surface area contributed by atoms with Crippen LogP contribution in [0.4, 0.5) is 0 Å². The number of rotatable bonds is 6. The predicted octanol–water partition coefficient (Wildman–Crippen LogP) is 3.14. The number of amides is 1. The Morgan fingerprint density at radius 2 is 1.83 bits per heavy atom. The summed E-state index contributed by atoms with van der Waals surface area (Å²) in [4.78, 5) is 24.6. The first-order valence-corrected chi connectivity index (χ1v) is 9.51. The van der Waals surface area contributed by atoms with Crippen LogP contribution in [0, 0.1) is 12.8 Å². The SMILES string of the molecule is Cc1ccc(O)c(C(=O)OCC(=O)NC(c2ccc3c(c2)OCCO3)C(C)C)c1. The highest BCUT2D eigenvalue weighted by atomic mass is 16.6. The van der Waals surface area contributed by atoms with Crippen LogP contribution in [0.1, 0.15) is 41.4 Å². The molecule has 3 rings (SSSR count). The number of aryl methyl sites for hydroxylation is 1. The normalized spacial score (nSPS) is 13.7. The molecule has 0 spiro atoms. The first-order chi connectivity index (χ1) is 13.8. The van der Waals surface area contributed by atoms with Gasteiger partial charge >= 0.3 is 5.97 Å². The highest BCUT2D eigenvalue weighted by Gasteiger charge is 2.22. The number of ether oxygens (including phenoxy) is 3. The van der Waals surface area contributed by atoms with Gasteiger partial charge in [-0.15, -0.1) is 0 Å². The maximum absolute atomic E-state index is 12.4. The lowest BCUT2D eigenvalue weighted by atomic mass is 9.95. The minimum atomic E-state index is -0.748. The molecule has 0 aromatic heterocycles. The Labute approximate surface area is 169 Å². The van der Waals surface area contributed by atoms with Crippen LogP contribution in [0.2, 0.25) is 0 Å². The Balaban J connectivity index is 1.64. The van der Waals surface area contributed by atoms with E-state index < -0.39 is 18.5 Å². The van der Waals surface area contributed by atoms with E-state index in [0.717, 1.165) is 11.1 Å². The van der Waals surface area contributed by atoms with E-state index in [2.05, 4.69) is 5.32 Å². The molecule has 1 heterocycles. The largest absolute Gasteiger partial charge is 0.507 e. The van der Waals surface area contributed by atoms with Crippen molar-refractivity contribution >= 4 is 11.9 Å². The molecule has 154 valence electrons. The van der Waals surface area contributed by atoms with Gasteiger partial charge in [0.2, 0.25) is 0 Å². The molecular weight excluding hydrogens is 374 g/mol. The quantitative estimate of drug-likeness (QED) is 0.725. The van der Waals surface area contributed by atoms with Gasteiger partial charge in [-0.3, -0.25) is 4.79 Å². The van der Waals surface area contributed by atoms with Crippen molar-refractivity contribution in [3.63, 3.8) is 0 Å². The van der Waals surface area contributed by atoms with Crippen LogP contribution in [0.3, 0.4) is 0 Å². The Morgan fingerprint density at radius 3 is 2.55 bits per heavy atom. The number of hydrogen-bond acceptors (Lipinski definition) is 6. The minimum absolute atomic E-state index is 0.0324. The molecule has 2 N–H and O–H groups in total. The number of carbonyl (C=O) groups excluding carboxylic acids is 2. The van der Waals surface area contributed by atoms with Crippen LogP contribution in [0.5, 0.6) is 17.2 Å². The molecule has 2 aromatic carbocycles. The van der Waals surface area contributed by atoms with E-state index in [9.17, 15) is 14.7 Å². The predicted molar refractivity (Wildman–Crippen MR) is 106 cm³/mol. The molecule has 1 unspecified atom stereocenters. The summed E-state index contributed by atoms with van der Waals surface area (Å²) in [6.45, 7) is 6.32. The molecule has 29 heavy (non-hydrogen) atoms. The zero-order valence-corrected chi connectivity index (χ0v) is 16.7.